The minimum absolute atomic E-state index is 0.196. The number of amides is 2. The first kappa shape index (κ1) is 16.7. The molecular formula is C19H16Br2N2O2. The molecule has 2 aliphatic rings. The van der Waals surface area contributed by atoms with Crippen LogP contribution in [0.25, 0.3) is 5.70 Å². The van der Waals surface area contributed by atoms with Gasteiger partial charge in [-0.15, -0.1) is 0 Å². The average Bonchev–Trinajstić information content (AvgIpc) is 2.60. The third-order valence-electron chi connectivity index (χ3n) is 4.69. The average molecular weight is 464 g/mol. The number of hydrogen-bond acceptors (Lipinski definition) is 2. The fourth-order valence-corrected chi connectivity index (χ4v) is 5.05. The van der Waals surface area contributed by atoms with E-state index >= 15 is 0 Å². The van der Waals surface area contributed by atoms with Crippen LogP contribution in [0.5, 0.6) is 5.75 Å². The number of fused-ring (bicyclic) bond motifs is 2. The largest absolute Gasteiger partial charge is 0.495 e. The van der Waals surface area contributed by atoms with E-state index in [-0.39, 0.29) is 12.1 Å². The minimum atomic E-state index is -0.221. The fourth-order valence-electron chi connectivity index (χ4n) is 3.63. The molecule has 2 aromatic rings. The Morgan fingerprint density at radius 2 is 1.96 bits per heavy atom. The number of aryl methyl sites for hydroxylation is 1. The maximum atomic E-state index is 12.4. The molecule has 1 aliphatic heterocycles. The van der Waals surface area contributed by atoms with Gasteiger partial charge in [0, 0.05) is 15.6 Å². The van der Waals surface area contributed by atoms with Gasteiger partial charge in [0.15, 0.2) is 0 Å². The summed E-state index contributed by atoms with van der Waals surface area (Å²) in [5.41, 5.74) is 5.42. The molecule has 0 aromatic heterocycles. The summed E-state index contributed by atoms with van der Waals surface area (Å²) in [7, 11) is 1.64. The summed E-state index contributed by atoms with van der Waals surface area (Å²) in [6.07, 6.45) is 1.85. The highest BCUT2D eigenvalue weighted by molar-refractivity contribution is 9.11. The number of nitrogens with one attached hydrogen (secondary N) is 2. The number of carbonyl (C=O) groups is 1. The monoisotopic (exact) mass is 462 g/mol. The van der Waals surface area contributed by atoms with Gasteiger partial charge < -0.3 is 15.4 Å². The van der Waals surface area contributed by atoms with Gasteiger partial charge >= 0.3 is 6.03 Å². The van der Waals surface area contributed by atoms with Crippen LogP contribution in [0.15, 0.2) is 50.9 Å². The lowest BCUT2D eigenvalue weighted by molar-refractivity contribution is 0.240. The predicted octanol–water partition coefficient (Wildman–Crippen LogP) is 4.93. The minimum Gasteiger partial charge on any atom is -0.495 e. The maximum absolute atomic E-state index is 12.4. The van der Waals surface area contributed by atoms with Crippen molar-refractivity contribution in [3.63, 3.8) is 0 Å². The molecule has 0 spiro atoms. The van der Waals surface area contributed by atoms with Gasteiger partial charge in [0.1, 0.15) is 5.75 Å². The number of ether oxygens (including phenoxy) is 1. The molecule has 0 saturated carbocycles. The number of halogens is 2. The quantitative estimate of drug-likeness (QED) is 0.663. The Bertz CT molecular complexity index is 908. The molecule has 0 radical (unpaired) electrons. The molecule has 2 aromatic carbocycles. The van der Waals surface area contributed by atoms with E-state index in [1.807, 2.05) is 24.3 Å². The summed E-state index contributed by atoms with van der Waals surface area (Å²) in [6, 6.07) is 11.8. The van der Waals surface area contributed by atoms with Crippen molar-refractivity contribution in [2.75, 3.05) is 7.11 Å². The Morgan fingerprint density at radius 1 is 1.16 bits per heavy atom. The SMILES string of the molecule is COc1c(Br)cc(Br)cc1C1NC(=O)NC2=C1CCc1ccccc12. The highest BCUT2D eigenvalue weighted by Gasteiger charge is 2.34. The number of carbonyl (C=O) groups excluding carboxylic acids is 1. The van der Waals surface area contributed by atoms with Crippen LogP contribution in [0.4, 0.5) is 4.79 Å². The fraction of sp³-hybridized carbons (Fsp3) is 0.211. The van der Waals surface area contributed by atoms with Gasteiger partial charge in [-0.3, -0.25) is 0 Å². The summed E-state index contributed by atoms with van der Waals surface area (Å²) in [4.78, 5) is 12.4. The van der Waals surface area contributed by atoms with Gasteiger partial charge in [0.25, 0.3) is 0 Å². The van der Waals surface area contributed by atoms with Crippen molar-refractivity contribution in [2.45, 2.75) is 18.9 Å². The lowest BCUT2D eigenvalue weighted by Crippen LogP contribution is -2.44. The van der Waals surface area contributed by atoms with Gasteiger partial charge in [-0.1, -0.05) is 40.2 Å². The molecule has 4 nitrogen and oxygen atoms in total. The molecule has 0 fully saturated rings. The lowest BCUT2D eigenvalue weighted by Gasteiger charge is -2.35. The smallest absolute Gasteiger partial charge is 0.320 e. The zero-order chi connectivity index (χ0) is 17.6. The van der Waals surface area contributed by atoms with Crippen molar-refractivity contribution in [2.24, 2.45) is 0 Å². The maximum Gasteiger partial charge on any atom is 0.320 e. The molecule has 4 rings (SSSR count). The normalized spacial score (nSPS) is 18.8. The molecule has 1 unspecified atom stereocenters. The van der Waals surface area contributed by atoms with Crippen molar-refractivity contribution < 1.29 is 9.53 Å². The van der Waals surface area contributed by atoms with Gasteiger partial charge in [0.2, 0.25) is 0 Å². The van der Waals surface area contributed by atoms with Crippen LogP contribution in [0, 0.1) is 0 Å². The molecule has 1 atom stereocenters. The Kier molecular flexibility index (Phi) is 4.33. The second-order valence-electron chi connectivity index (χ2n) is 6.10. The van der Waals surface area contributed by atoms with E-state index in [1.54, 1.807) is 7.11 Å². The molecule has 2 N–H and O–H groups in total. The van der Waals surface area contributed by atoms with Crippen molar-refractivity contribution in [3.05, 3.63) is 67.6 Å². The Labute approximate surface area is 162 Å². The lowest BCUT2D eigenvalue weighted by atomic mass is 9.82. The van der Waals surface area contributed by atoms with E-state index < -0.39 is 0 Å². The molecule has 1 heterocycles. The molecule has 0 saturated heterocycles. The Balaban J connectivity index is 1.91. The van der Waals surface area contributed by atoms with Crippen molar-refractivity contribution >= 4 is 43.6 Å². The van der Waals surface area contributed by atoms with Crippen LogP contribution >= 0.6 is 31.9 Å². The zero-order valence-electron chi connectivity index (χ0n) is 13.5. The first-order chi connectivity index (χ1) is 12.1. The predicted molar refractivity (Wildman–Crippen MR) is 104 cm³/mol. The van der Waals surface area contributed by atoms with Crippen molar-refractivity contribution in [1.29, 1.82) is 0 Å². The first-order valence-electron chi connectivity index (χ1n) is 8.00. The van der Waals surface area contributed by atoms with Gasteiger partial charge in [-0.2, -0.15) is 0 Å². The topological polar surface area (TPSA) is 50.4 Å². The second kappa shape index (κ2) is 6.50. The number of methoxy groups -OCH3 is 1. The number of rotatable bonds is 2. The van der Waals surface area contributed by atoms with Crippen LogP contribution in [0.3, 0.4) is 0 Å². The summed E-state index contributed by atoms with van der Waals surface area (Å²) in [5.74, 6) is 0.737. The van der Waals surface area contributed by atoms with Gasteiger partial charge in [-0.05, 0) is 52.0 Å². The van der Waals surface area contributed by atoms with E-state index in [0.29, 0.717) is 0 Å². The standard InChI is InChI=1S/C19H16Br2N2O2/c1-25-18-14(8-11(20)9-15(18)21)17-13-7-6-10-4-2-3-5-12(10)16(13)22-19(24)23-17/h2-5,8-9,17H,6-7H2,1H3,(H2,22,23,24). The first-order valence-corrected chi connectivity index (χ1v) is 9.59. The van der Waals surface area contributed by atoms with Crippen LogP contribution < -0.4 is 15.4 Å². The van der Waals surface area contributed by atoms with E-state index in [0.717, 1.165) is 44.4 Å². The summed E-state index contributed by atoms with van der Waals surface area (Å²) < 4.78 is 7.39. The Hall–Kier alpha value is -1.79. The Morgan fingerprint density at radius 3 is 2.76 bits per heavy atom. The number of hydrogen-bond donors (Lipinski definition) is 2. The molecule has 2 amide bonds. The van der Waals surface area contributed by atoms with E-state index in [9.17, 15) is 4.79 Å². The van der Waals surface area contributed by atoms with E-state index in [1.165, 1.54) is 11.1 Å². The second-order valence-corrected chi connectivity index (χ2v) is 7.87. The zero-order valence-corrected chi connectivity index (χ0v) is 16.7. The van der Waals surface area contributed by atoms with Crippen molar-refractivity contribution in [3.8, 4) is 5.75 Å². The number of urea groups is 1. The summed E-state index contributed by atoms with van der Waals surface area (Å²) >= 11 is 7.10. The summed E-state index contributed by atoms with van der Waals surface area (Å²) in [6.45, 7) is 0. The molecule has 128 valence electrons. The third kappa shape index (κ3) is 2.87. The molecule has 6 heteroatoms. The summed E-state index contributed by atoms with van der Waals surface area (Å²) in [5, 5.41) is 6.07. The van der Waals surface area contributed by atoms with E-state index in [4.69, 9.17) is 4.74 Å². The van der Waals surface area contributed by atoms with Crippen LogP contribution in [-0.4, -0.2) is 13.1 Å². The van der Waals surface area contributed by atoms with Crippen LogP contribution in [0.1, 0.15) is 29.2 Å². The highest BCUT2D eigenvalue weighted by atomic mass is 79.9. The van der Waals surface area contributed by atoms with Gasteiger partial charge in [0.05, 0.1) is 23.3 Å². The molecule has 1 aliphatic carbocycles. The molecule has 25 heavy (non-hydrogen) atoms. The third-order valence-corrected chi connectivity index (χ3v) is 5.73. The van der Waals surface area contributed by atoms with Crippen LogP contribution in [-0.2, 0) is 6.42 Å². The van der Waals surface area contributed by atoms with Crippen LogP contribution in [0.2, 0.25) is 0 Å². The molecular weight excluding hydrogens is 448 g/mol. The van der Waals surface area contributed by atoms with Crippen molar-refractivity contribution in [1.82, 2.24) is 10.6 Å². The molecule has 0 bridgehead atoms. The van der Waals surface area contributed by atoms with E-state index in [2.05, 4.69) is 54.6 Å². The van der Waals surface area contributed by atoms with Gasteiger partial charge in [-0.25, -0.2) is 4.79 Å². The highest BCUT2D eigenvalue weighted by Crippen LogP contribution is 2.44. The number of benzene rings is 2.